The summed E-state index contributed by atoms with van der Waals surface area (Å²) in [4.78, 5) is 10.8. The number of nitrogens with two attached hydrogens (primary N) is 1. The third kappa shape index (κ3) is 6.49. The van der Waals surface area contributed by atoms with Gasteiger partial charge in [0.05, 0.1) is 13.0 Å². The molecule has 0 aliphatic rings. The van der Waals surface area contributed by atoms with Crippen molar-refractivity contribution in [3.63, 3.8) is 0 Å². The number of hydrogen-bond donors (Lipinski definition) is 1. The number of rotatable bonds is 6. The predicted molar refractivity (Wildman–Crippen MR) is 52.2 cm³/mol. The number of thioether (sulfide) groups is 1. The van der Waals surface area contributed by atoms with E-state index < -0.39 is 0 Å². The maximum Gasteiger partial charge on any atom is 0.306 e. The van der Waals surface area contributed by atoms with Crippen molar-refractivity contribution in [1.29, 1.82) is 0 Å². The Bertz CT molecular complexity index is 130. The lowest BCUT2D eigenvalue weighted by molar-refractivity contribution is -0.142. The van der Waals surface area contributed by atoms with Crippen LogP contribution in [0.1, 0.15) is 20.3 Å². The molecule has 0 aromatic rings. The smallest absolute Gasteiger partial charge is 0.306 e. The molecular formula is C8H17NO2S. The minimum Gasteiger partial charge on any atom is -0.466 e. The average molecular weight is 191 g/mol. The molecule has 0 saturated heterocycles. The summed E-state index contributed by atoms with van der Waals surface area (Å²) in [5.74, 6) is 0.686. The van der Waals surface area contributed by atoms with Crippen molar-refractivity contribution in [3.8, 4) is 0 Å². The van der Waals surface area contributed by atoms with Crippen molar-refractivity contribution in [3.05, 3.63) is 0 Å². The zero-order valence-electron chi connectivity index (χ0n) is 7.71. The zero-order chi connectivity index (χ0) is 9.40. The van der Waals surface area contributed by atoms with Gasteiger partial charge in [0.15, 0.2) is 0 Å². The van der Waals surface area contributed by atoms with E-state index >= 15 is 0 Å². The second-order valence-electron chi connectivity index (χ2n) is 2.47. The van der Waals surface area contributed by atoms with Crippen LogP contribution in [0.3, 0.4) is 0 Å². The molecule has 0 aliphatic heterocycles. The standard InChI is InChI=1S/C8H17NO2S/c1-3-11-8(10)4-5-12-7(2)6-9/h7H,3-6,9H2,1-2H3. The summed E-state index contributed by atoms with van der Waals surface area (Å²) in [7, 11) is 0. The van der Waals surface area contributed by atoms with Crippen LogP contribution in [0, 0.1) is 0 Å². The Hall–Kier alpha value is -0.220. The van der Waals surface area contributed by atoms with E-state index in [1.165, 1.54) is 0 Å². The monoisotopic (exact) mass is 191 g/mol. The quantitative estimate of drug-likeness (QED) is 0.637. The summed E-state index contributed by atoms with van der Waals surface area (Å²) in [6.45, 7) is 4.99. The van der Waals surface area contributed by atoms with Crippen molar-refractivity contribution in [1.82, 2.24) is 0 Å². The first-order valence-electron chi connectivity index (χ1n) is 4.18. The molecule has 0 fully saturated rings. The van der Waals surface area contributed by atoms with Gasteiger partial charge in [-0.25, -0.2) is 0 Å². The molecule has 0 aromatic carbocycles. The fourth-order valence-corrected chi connectivity index (χ4v) is 1.47. The van der Waals surface area contributed by atoms with E-state index in [2.05, 4.69) is 6.92 Å². The van der Waals surface area contributed by atoms with Gasteiger partial charge in [0, 0.05) is 17.5 Å². The van der Waals surface area contributed by atoms with Gasteiger partial charge in [-0.2, -0.15) is 11.8 Å². The van der Waals surface area contributed by atoms with Gasteiger partial charge in [0.2, 0.25) is 0 Å². The minimum absolute atomic E-state index is 0.116. The van der Waals surface area contributed by atoms with Crippen LogP contribution in [-0.2, 0) is 9.53 Å². The topological polar surface area (TPSA) is 52.3 Å². The Morgan fingerprint density at radius 2 is 2.33 bits per heavy atom. The number of carbonyl (C=O) groups excluding carboxylic acids is 1. The maximum absolute atomic E-state index is 10.8. The SMILES string of the molecule is CCOC(=O)CCSC(C)CN. The fourth-order valence-electron chi connectivity index (χ4n) is 0.645. The van der Waals surface area contributed by atoms with Gasteiger partial charge < -0.3 is 10.5 Å². The summed E-state index contributed by atoms with van der Waals surface area (Å²) < 4.78 is 4.77. The third-order valence-electron chi connectivity index (χ3n) is 1.35. The zero-order valence-corrected chi connectivity index (χ0v) is 8.52. The Labute approximate surface area is 78.0 Å². The molecule has 0 saturated carbocycles. The van der Waals surface area contributed by atoms with E-state index in [0.717, 1.165) is 5.75 Å². The van der Waals surface area contributed by atoms with Gasteiger partial charge >= 0.3 is 5.97 Å². The van der Waals surface area contributed by atoms with Crippen LogP contribution in [0.5, 0.6) is 0 Å². The Kier molecular flexibility index (Phi) is 7.29. The van der Waals surface area contributed by atoms with Gasteiger partial charge in [-0.1, -0.05) is 6.92 Å². The highest BCUT2D eigenvalue weighted by Gasteiger charge is 2.03. The largest absolute Gasteiger partial charge is 0.466 e. The molecule has 0 rings (SSSR count). The molecule has 72 valence electrons. The summed E-state index contributed by atoms with van der Waals surface area (Å²) in [5, 5.41) is 0.430. The molecule has 0 radical (unpaired) electrons. The molecule has 0 spiro atoms. The molecule has 0 heterocycles. The molecule has 3 nitrogen and oxygen atoms in total. The fraction of sp³-hybridized carbons (Fsp3) is 0.875. The molecular weight excluding hydrogens is 174 g/mol. The van der Waals surface area contributed by atoms with E-state index in [1.54, 1.807) is 11.8 Å². The van der Waals surface area contributed by atoms with E-state index in [-0.39, 0.29) is 5.97 Å². The number of esters is 1. The van der Waals surface area contributed by atoms with Crippen LogP contribution in [-0.4, -0.2) is 30.1 Å². The number of hydrogen-bond acceptors (Lipinski definition) is 4. The van der Waals surface area contributed by atoms with Gasteiger partial charge in [0.25, 0.3) is 0 Å². The Balaban J connectivity index is 3.24. The Morgan fingerprint density at radius 3 is 2.83 bits per heavy atom. The molecule has 1 atom stereocenters. The van der Waals surface area contributed by atoms with Crippen LogP contribution >= 0.6 is 11.8 Å². The molecule has 4 heteroatoms. The van der Waals surface area contributed by atoms with Crippen molar-refractivity contribution >= 4 is 17.7 Å². The van der Waals surface area contributed by atoms with Gasteiger partial charge in [-0.15, -0.1) is 0 Å². The molecule has 0 amide bonds. The molecule has 0 aliphatic carbocycles. The predicted octanol–water partition coefficient (Wildman–Crippen LogP) is 1.02. The van der Waals surface area contributed by atoms with E-state index in [0.29, 0.717) is 24.8 Å². The molecule has 1 unspecified atom stereocenters. The molecule has 0 aromatic heterocycles. The summed E-state index contributed by atoms with van der Waals surface area (Å²) in [6.07, 6.45) is 0.489. The van der Waals surface area contributed by atoms with Crippen LogP contribution in [0.4, 0.5) is 0 Å². The van der Waals surface area contributed by atoms with Crippen LogP contribution in [0.2, 0.25) is 0 Å². The number of ether oxygens (including phenoxy) is 1. The summed E-state index contributed by atoms with van der Waals surface area (Å²) >= 11 is 1.70. The summed E-state index contributed by atoms with van der Waals surface area (Å²) in [6, 6.07) is 0. The van der Waals surface area contributed by atoms with E-state index in [4.69, 9.17) is 10.5 Å². The van der Waals surface area contributed by atoms with Crippen LogP contribution in [0.25, 0.3) is 0 Å². The van der Waals surface area contributed by atoms with Gasteiger partial charge in [-0.05, 0) is 6.92 Å². The second kappa shape index (κ2) is 7.43. The van der Waals surface area contributed by atoms with Crippen molar-refractivity contribution < 1.29 is 9.53 Å². The normalized spacial score (nSPS) is 12.6. The lowest BCUT2D eigenvalue weighted by Gasteiger charge is -2.06. The first-order valence-corrected chi connectivity index (χ1v) is 5.22. The average Bonchev–Trinajstić information content (AvgIpc) is 2.04. The van der Waals surface area contributed by atoms with Gasteiger partial charge in [0.1, 0.15) is 0 Å². The van der Waals surface area contributed by atoms with Crippen molar-refractivity contribution in [2.24, 2.45) is 5.73 Å². The van der Waals surface area contributed by atoms with Crippen molar-refractivity contribution in [2.75, 3.05) is 18.9 Å². The maximum atomic E-state index is 10.8. The molecule has 2 N–H and O–H groups in total. The Morgan fingerprint density at radius 1 is 1.67 bits per heavy atom. The highest BCUT2D eigenvalue weighted by Crippen LogP contribution is 2.10. The lowest BCUT2D eigenvalue weighted by Crippen LogP contribution is -2.14. The molecule has 0 bridgehead atoms. The minimum atomic E-state index is -0.116. The van der Waals surface area contributed by atoms with Crippen LogP contribution < -0.4 is 5.73 Å². The van der Waals surface area contributed by atoms with Crippen LogP contribution in [0.15, 0.2) is 0 Å². The molecule has 12 heavy (non-hydrogen) atoms. The summed E-state index contributed by atoms with van der Waals surface area (Å²) in [5.41, 5.74) is 5.41. The van der Waals surface area contributed by atoms with E-state index in [9.17, 15) is 4.79 Å². The second-order valence-corrected chi connectivity index (χ2v) is 4.02. The first kappa shape index (κ1) is 11.8. The van der Waals surface area contributed by atoms with Crippen molar-refractivity contribution in [2.45, 2.75) is 25.5 Å². The lowest BCUT2D eigenvalue weighted by atomic mass is 10.5. The first-order chi connectivity index (χ1) is 5.70. The van der Waals surface area contributed by atoms with Gasteiger partial charge in [-0.3, -0.25) is 4.79 Å². The highest BCUT2D eigenvalue weighted by molar-refractivity contribution is 7.99. The third-order valence-corrected chi connectivity index (χ3v) is 2.55. The van der Waals surface area contributed by atoms with E-state index in [1.807, 2.05) is 6.92 Å². The highest BCUT2D eigenvalue weighted by atomic mass is 32.2. The number of carbonyl (C=O) groups is 1.